The zero-order chi connectivity index (χ0) is 44.0. The summed E-state index contributed by atoms with van der Waals surface area (Å²) in [5, 5.41) is 18.6. The van der Waals surface area contributed by atoms with E-state index in [4.69, 9.17) is 33.2 Å². The van der Waals surface area contributed by atoms with Gasteiger partial charge in [0.1, 0.15) is 0 Å². The van der Waals surface area contributed by atoms with Crippen LogP contribution in [0.15, 0.2) is 66.7 Å². The molecule has 4 aromatic rings. The van der Waals surface area contributed by atoms with E-state index >= 15 is 0 Å². The van der Waals surface area contributed by atoms with Crippen LogP contribution in [0.3, 0.4) is 0 Å². The third kappa shape index (κ3) is 16.0. The van der Waals surface area contributed by atoms with E-state index in [9.17, 15) is 41.4 Å². The Hall–Kier alpha value is -3.93. The molecule has 0 bridgehead atoms. The second-order valence-corrected chi connectivity index (χ2v) is 16.9. The first-order valence-electron chi connectivity index (χ1n) is 21.3. The lowest BCUT2D eigenvalue weighted by atomic mass is 9.89. The number of aromatic nitrogens is 2. The van der Waals surface area contributed by atoms with Crippen molar-refractivity contribution in [2.75, 3.05) is 0 Å². The smallest absolute Gasteiger partial charge is 0.417 e. The minimum atomic E-state index is -4.56. The van der Waals surface area contributed by atoms with E-state index in [1.807, 2.05) is 0 Å². The molecule has 6 rings (SSSR count). The predicted molar refractivity (Wildman–Crippen MR) is 236 cm³/mol. The van der Waals surface area contributed by atoms with Gasteiger partial charge < -0.3 is 10.2 Å². The van der Waals surface area contributed by atoms with Crippen LogP contribution >= 0.6 is 23.2 Å². The zero-order valence-corrected chi connectivity index (χ0v) is 35.8. The molecule has 0 fully saturated rings. The largest absolute Gasteiger partial charge is 0.481 e. The number of fused-ring (bicyclic) bond motifs is 2. The SMILES string of the molecule is C.O=C(O)CC(CCCCCCc1ccc2c(n1)CCCC2)c1ccc(Cl)c(C(F)(F)F)c1.OC(/C=C/c1ccc(Cl)c(C(F)(F)F)c1)CCCCc1ccc2c(n1)CCCC2. The van der Waals surface area contributed by atoms with Gasteiger partial charge in [-0.05, 0) is 154 Å². The standard InChI is InChI=1S/C25H29ClF3NO2.C23H25ClF3NO.CH4/c26-22-14-12-19(15-21(22)25(27,28)29)18(16-24(31)32)8-3-1-2-4-9-20-13-11-17-7-5-6-10-23(17)30-20;24-21-14-10-16(15-20(21)23(25,26)27)9-13-19(29)7-3-2-6-18-12-11-17-5-1-4-8-22(17)28-18;/h11-15,18H,1-10,16H2,(H,31,32);9-15,19,29H,1-8H2;1H4/b;13-9+;. The number of halogens is 8. The molecule has 0 saturated heterocycles. The van der Waals surface area contributed by atoms with Gasteiger partial charge in [0.05, 0.1) is 33.7 Å². The Labute approximate surface area is 372 Å². The molecule has 0 amide bonds. The average Bonchev–Trinajstić information content (AvgIpc) is 3.22. The summed E-state index contributed by atoms with van der Waals surface area (Å²) in [5.74, 6) is -1.48. The third-order valence-corrected chi connectivity index (χ3v) is 12.0. The monoisotopic (exact) mass is 906 g/mol. The molecule has 62 heavy (non-hydrogen) atoms. The summed E-state index contributed by atoms with van der Waals surface area (Å²) < 4.78 is 78.2. The number of nitrogens with zero attached hydrogens (tertiary/aromatic N) is 2. The van der Waals surface area contributed by atoms with E-state index < -0.39 is 41.5 Å². The lowest BCUT2D eigenvalue weighted by Crippen LogP contribution is -2.10. The second kappa shape index (κ2) is 24.2. The highest BCUT2D eigenvalue weighted by molar-refractivity contribution is 6.31. The molecular weight excluding hydrogens is 849 g/mol. The maximum absolute atomic E-state index is 13.2. The van der Waals surface area contributed by atoms with Crippen LogP contribution in [-0.2, 0) is 55.7 Å². The molecule has 2 aromatic carbocycles. The van der Waals surface area contributed by atoms with Gasteiger partial charge in [0.25, 0.3) is 0 Å². The minimum Gasteiger partial charge on any atom is -0.481 e. The van der Waals surface area contributed by atoms with Gasteiger partial charge in [-0.25, -0.2) is 0 Å². The van der Waals surface area contributed by atoms with Crippen molar-refractivity contribution >= 4 is 35.2 Å². The molecule has 2 N–H and O–H groups in total. The van der Waals surface area contributed by atoms with Crippen LogP contribution in [0.5, 0.6) is 0 Å². The normalized spacial score (nSPS) is 14.9. The molecule has 0 radical (unpaired) electrons. The van der Waals surface area contributed by atoms with E-state index in [-0.39, 0.29) is 23.9 Å². The summed E-state index contributed by atoms with van der Waals surface area (Å²) in [6.07, 6.45) is 10.6. The lowest BCUT2D eigenvalue weighted by Gasteiger charge is -2.18. The van der Waals surface area contributed by atoms with Gasteiger partial charge in [-0.15, -0.1) is 0 Å². The molecule has 5 nitrogen and oxygen atoms in total. The Balaban J connectivity index is 0.000000269. The number of aliphatic hydroxyl groups is 1. The van der Waals surface area contributed by atoms with Gasteiger partial charge in [0.2, 0.25) is 0 Å². The topological polar surface area (TPSA) is 83.3 Å². The molecule has 2 heterocycles. The molecule has 338 valence electrons. The Morgan fingerprint density at radius 2 is 1.16 bits per heavy atom. The number of unbranched alkanes of at least 4 members (excludes halogenated alkanes) is 4. The summed E-state index contributed by atoms with van der Waals surface area (Å²) in [5.41, 5.74) is 6.40. The zero-order valence-electron chi connectivity index (χ0n) is 34.2. The van der Waals surface area contributed by atoms with Crippen molar-refractivity contribution < 1.29 is 41.4 Å². The van der Waals surface area contributed by atoms with Gasteiger partial charge >= 0.3 is 18.3 Å². The number of aryl methyl sites for hydroxylation is 6. The first-order chi connectivity index (χ1) is 29.1. The van der Waals surface area contributed by atoms with E-state index in [0.29, 0.717) is 24.0 Å². The molecule has 2 aliphatic rings. The van der Waals surface area contributed by atoms with Crippen molar-refractivity contribution in [3.05, 3.63) is 133 Å². The van der Waals surface area contributed by atoms with Crippen LogP contribution in [0, 0.1) is 0 Å². The molecule has 2 aromatic heterocycles. The number of pyridine rings is 2. The Morgan fingerprint density at radius 3 is 1.73 bits per heavy atom. The van der Waals surface area contributed by atoms with E-state index in [0.717, 1.165) is 101 Å². The summed E-state index contributed by atoms with van der Waals surface area (Å²) in [6, 6.07) is 16.0. The molecule has 2 atom stereocenters. The van der Waals surface area contributed by atoms with Crippen LogP contribution in [-0.4, -0.2) is 32.3 Å². The van der Waals surface area contributed by atoms with Crippen LogP contribution in [0.4, 0.5) is 26.3 Å². The maximum atomic E-state index is 13.2. The number of carboxylic acids is 1. The fourth-order valence-electron chi connectivity index (χ4n) is 8.04. The molecule has 0 aliphatic heterocycles. The maximum Gasteiger partial charge on any atom is 0.417 e. The van der Waals surface area contributed by atoms with Gasteiger partial charge in [-0.1, -0.05) is 92.7 Å². The van der Waals surface area contributed by atoms with Gasteiger partial charge in [-0.3, -0.25) is 14.8 Å². The first-order valence-corrected chi connectivity index (χ1v) is 22.1. The van der Waals surface area contributed by atoms with Crippen LogP contribution in [0.25, 0.3) is 6.08 Å². The average molecular weight is 908 g/mol. The third-order valence-electron chi connectivity index (χ3n) is 11.4. The highest BCUT2D eigenvalue weighted by Crippen LogP contribution is 2.38. The van der Waals surface area contributed by atoms with Crippen molar-refractivity contribution in [2.45, 2.75) is 154 Å². The van der Waals surface area contributed by atoms with Crippen LogP contribution in [0.1, 0.15) is 153 Å². The molecule has 0 saturated carbocycles. The van der Waals surface area contributed by atoms with Crippen LogP contribution < -0.4 is 0 Å². The van der Waals surface area contributed by atoms with Crippen molar-refractivity contribution in [3.63, 3.8) is 0 Å². The van der Waals surface area contributed by atoms with Gasteiger partial charge in [-0.2, -0.15) is 26.3 Å². The fourth-order valence-corrected chi connectivity index (χ4v) is 8.49. The minimum absolute atomic E-state index is 0. The van der Waals surface area contributed by atoms with Crippen LogP contribution in [0.2, 0.25) is 10.0 Å². The summed E-state index contributed by atoms with van der Waals surface area (Å²) >= 11 is 11.3. The van der Waals surface area contributed by atoms with Crippen molar-refractivity contribution in [1.82, 2.24) is 9.97 Å². The lowest BCUT2D eigenvalue weighted by molar-refractivity contribution is -0.138. The fraction of sp³-hybridized carbons (Fsp3) is 0.490. The number of benzene rings is 2. The number of aliphatic hydroxyl groups excluding tert-OH is 1. The quantitative estimate of drug-likeness (QED) is 0.0815. The van der Waals surface area contributed by atoms with Crippen molar-refractivity contribution in [3.8, 4) is 0 Å². The van der Waals surface area contributed by atoms with Crippen molar-refractivity contribution in [1.29, 1.82) is 0 Å². The van der Waals surface area contributed by atoms with Crippen molar-refractivity contribution in [2.24, 2.45) is 0 Å². The molecule has 2 aliphatic carbocycles. The first kappa shape index (κ1) is 50.7. The number of aliphatic carboxylic acids is 1. The Kier molecular flexibility index (Phi) is 19.8. The number of hydrogen-bond donors (Lipinski definition) is 2. The summed E-state index contributed by atoms with van der Waals surface area (Å²) in [6.45, 7) is 0. The summed E-state index contributed by atoms with van der Waals surface area (Å²) in [7, 11) is 0. The number of rotatable bonds is 17. The summed E-state index contributed by atoms with van der Waals surface area (Å²) in [4.78, 5) is 20.8. The number of carboxylic acid groups (broad SMARTS) is 1. The van der Waals surface area contributed by atoms with Gasteiger partial charge in [0, 0.05) is 22.8 Å². The van der Waals surface area contributed by atoms with E-state index in [1.54, 1.807) is 0 Å². The highest BCUT2D eigenvalue weighted by Gasteiger charge is 2.34. The molecule has 2 unspecified atom stereocenters. The highest BCUT2D eigenvalue weighted by atomic mass is 35.5. The number of carbonyl (C=O) groups is 1. The van der Waals surface area contributed by atoms with E-state index in [1.165, 1.54) is 84.6 Å². The molecular formula is C49H58Cl2F6N2O3. The Bertz CT molecular complexity index is 2090. The second-order valence-electron chi connectivity index (χ2n) is 16.1. The number of hydrogen-bond acceptors (Lipinski definition) is 4. The van der Waals surface area contributed by atoms with Gasteiger partial charge in [0.15, 0.2) is 0 Å². The molecule has 0 spiro atoms. The number of alkyl halides is 6. The molecule has 13 heteroatoms. The Morgan fingerprint density at radius 1 is 0.661 bits per heavy atom. The van der Waals surface area contributed by atoms with E-state index in [2.05, 4.69) is 24.3 Å². The predicted octanol–water partition coefficient (Wildman–Crippen LogP) is 14.4.